The molecule has 0 N–H and O–H groups in total. The zero-order valence-corrected chi connectivity index (χ0v) is 5.13. The maximum atomic E-state index is 8.89. The van der Waals surface area contributed by atoms with Crippen molar-refractivity contribution in [2.45, 2.75) is 6.92 Å². The molecular weight excluding hydrogens is 143 g/mol. The first-order valence-electron chi connectivity index (χ1n) is 0.908. The smallest absolute Gasteiger partial charge is 1.00 e. The van der Waals surface area contributed by atoms with Gasteiger partial charge in [0, 0.05) is 5.97 Å². The monoisotopic (exact) mass is 146 g/mol. The number of carbonyl (C=O) groups is 1. The maximum Gasteiger partial charge on any atom is 2.00 e. The van der Waals surface area contributed by atoms with E-state index in [9.17, 15) is 0 Å². The number of carbonyl (C=O) groups excluding carboxylic acids is 1. The second-order valence-electron chi connectivity index (χ2n) is 0.492. The Hall–Kier alpha value is 0.292. The van der Waals surface area contributed by atoms with Gasteiger partial charge in [-0.3, -0.25) is 0 Å². The van der Waals surface area contributed by atoms with Crippen molar-refractivity contribution in [3.8, 4) is 0 Å². The van der Waals surface area contributed by atoms with E-state index in [4.69, 9.17) is 9.90 Å². The van der Waals surface area contributed by atoms with E-state index in [1.54, 1.807) is 0 Å². The first kappa shape index (κ1) is 16.3. The van der Waals surface area contributed by atoms with Crippen LogP contribution in [0.1, 0.15) is 6.92 Å². The summed E-state index contributed by atoms with van der Waals surface area (Å²) in [5.74, 6) is -1.08. The fourth-order valence-electron chi connectivity index (χ4n) is 0. The quantitative estimate of drug-likeness (QED) is 0.347. The molecule has 0 fully saturated rings. The molecule has 0 aromatic heterocycles. The Kier molecular flexibility index (Phi) is 24.4. The molecule has 4 heteroatoms. The third-order valence-corrected chi connectivity index (χ3v) is 0. The molecule has 0 aromatic carbocycles. The number of rotatable bonds is 0. The van der Waals surface area contributed by atoms with Crippen LogP contribution in [0.4, 0.5) is 0 Å². The van der Waals surface area contributed by atoms with Crippen LogP contribution in [0.2, 0.25) is 0 Å². The Morgan fingerprint density at radius 3 is 1.67 bits per heavy atom. The van der Waals surface area contributed by atoms with Crippen molar-refractivity contribution in [3.05, 3.63) is 0 Å². The molecule has 0 bridgehead atoms. The molecule has 0 amide bonds. The molecule has 36 valence electrons. The van der Waals surface area contributed by atoms with E-state index in [1.165, 1.54) is 0 Å². The van der Waals surface area contributed by atoms with Crippen LogP contribution >= 0.6 is 0 Å². The van der Waals surface area contributed by atoms with Gasteiger partial charge in [0.2, 0.25) is 0 Å². The van der Waals surface area contributed by atoms with E-state index in [0.29, 0.717) is 0 Å². The number of hydrogen-bond acceptors (Lipinski definition) is 2. The third-order valence-electron chi connectivity index (χ3n) is 0. The van der Waals surface area contributed by atoms with Gasteiger partial charge in [-0.2, -0.15) is 0 Å². The van der Waals surface area contributed by atoms with Crippen LogP contribution in [0.15, 0.2) is 0 Å². The van der Waals surface area contributed by atoms with Gasteiger partial charge < -0.3 is 22.3 Å². The molecular formula is C2H3ClCrO2. The molecule has 0 unspecified atom stereocenters. The first-order chi connectivity index (χ1) is 1.73. The van der Waals surface area contributed by atoms with Crippen molar-refractivity contribution in [2.75, 3.05) is 0 Å². The minimum atomic E-state index is -1.08. The van der Waals surface area contributed by atoms with E-state index in [0.717, 1.165) is 6.92 Å². The number of carboxylic acid groups (broad SMARTS) is 1. The topological polar surface area (TPSA) is 40.1 Å². The Morgan fingerprint density at radius 2 is 1.67 bits per heavy atom. The maximum absolute atomic E-state index is 8.89. The summed E-state index contributed by atoms with van der Waals surface area (Å²) in [6.07, 6.45) is 0. The predicted octanol–water partition coefficient (Wildman–Crippen LogP) is -4.24. The number of aliphatic carboxylic acids is 1. The summed E-state index contributed by atoms with van der Waals surface area (Å²) >= 11 is 0. The zero-order chi connectivity index (χ0) is 3.58. The molecule has 6 heavy (non-hydrogen) atoms. The van der Waals surface area contributed by atoms with Gasteiger partial charge in [-0.25, -0.2) is 0 Å². The summed E-state index contributed by atoms with van der Waals surface area (Å²) in [7, 11) is 0. The molecule has 0 heterocycles. The van der Waals surface area contributed by atoms with Gasteiger partial charge in [0.15, 0.2) is 0 Å². The van der Waals surface area contributed by atoms with Crippen molar-refractivity contribution in [3.63, 3.8) is 0 Å². The van der Waals surface area contributed by atoms with Gasteiger partial charge in [0.05, 0.1) is 0 Å². The summed E-state index contributed by atoms with van der Waals surface area (Å²) in [5, 5.41) is 8.89. The summed E-state index contributed by atoms with van der Waals surface area (Å²) < 4.78 is 0. The van der Waals surface area contributed by atoms with E-state index >= 15 is 0 Å². The SMILES string of the molecule is CC(=O)[O-].[Cl-].[Cr+2]. The van der Waals surface area contributed by atoms with Gasteiger partial charge in [0.1, 0.15) is 0 Å². The van der Waals surface area contributed by atoms with E-state index in [-0.39, 0.29) is 29.8 Å². The number of hydrogen-bond donors (Lipinski definition) is 0. The van der Waals surface area contributed by atoms with Gasteiger partial charge in [-0.1, -0.05) is 0 Å². The van der Waals surface area contributed by atoms with Crippen molar-refractivity contribution in [1.82, 2.24) is 0 Å². The summed E-state index contributed by atoms with van der Waals surface area (Å²) in [5.41, 5.74) is 0. The minimum absolute atomic E-state index is 0. The van der Waals surface area contributed by atoms with Gasteiger partial charge in [0.25, 0.3) is 0 Å². The van der Waals surface area contributed by atoms with Crippen molar-refractivity contribution >= 4 is 5.97 Å². The average molecular weight is 146 g/mol. The molecule has 0 aliphatic rings. The fourth-order valence-corrected chi connectivity index (χ4v) is 0. The van der Waals surface area contributed by atoms with Crippen LogP contribution in [0, 0.1) is 0 Å². The minimum Gasteiger partial charge on any atom is -1.00 e. The molecule has 0 rings (SSSR count). The molecule has 0 saturated heterocycles. The van der Waals surface area contributed by atoms with Crippen LogP contribution in [-0.4, -0.2) is 5.97 Å². The Bertz CT molecular complexity index is 34.5. The van der Waals surface area contributed by atoms with E-state index in [2.05, 4.69) is 0 Å². The molecule has 0 saturated carbocycles. The van der Waals surface area contributed by atoms with Crippen LogP contribution in [0.3, 0.4) is 0 Å². The predicted molar refractivity (Wildman–Crippen MR) is 10.7 cm³/mol. The number of carboxylic acids is 1. The molecule has 0 spiro atoms. The molecule has 0 aromatic rings. The van der Waals surface area contributed by atoms with Crippen molar-refractivity contribution < 1.29 is 39.7 Å². The molecule has 0 aliphatic carbocycles. The number of halogens is 1. The standard InChI is InChI=1S/C2H4O2.ClH.Cr/c1-2(3)4;;/h1H3,(H,3,4);1H;/q;;+2/p-2. The molecule has 0 atom stereocenters. The summed E-state index contributed by atoms with van der Waals surface area (Å²) in [4.78, 5) is 8.89. The fraction of sp³-hybridized carbons (Fsp3) is 0.500. The van der Waals surface area contributed by atoms with Gasteiger partial charge in [-0.05, 0) is 6.92 Å². The Labute approximate surface area is 53.1 Å². The van der Waals surface area contributed by atoms with Crippen LogP contribution < -0.4 is 17.5 Å². The molecule has 0 radical (unpaired) electrons. The second-order valence-corrected chi connectivity index (χ2v) is 0.492. The Morgan fingerprint density at radius 1 is 1.67 bits per heavy atom. The summed E-state index contributed by atoms with van der Waals surface area (Å²) in [6.45, 7) is 0.972. The third kappa shape index (κ3) is 544. The zero-order valence-electron chi connectivity index (χ0n) is 3.10. The average Bonchev–Trinajstić information content (AvgIpc) is 0.811. The molecule has 2 nitrogen and oxygen atoms in total. The van der Waals surface area contributed by atoms with Crippen molar-refractivity contribution in [1.29, 1.82) is 0 Å². The Balaban J connectivity index is -0.0000000450. The van der Waals surface area contributed by atoms with E-state index < -0.39 is 5.97 Å². The largest absolute Gasteiger partial charge is 2.00 e. The van der Waals surface area contributed by atoms with Crippen LogP contribution in [0.25, 0.3) is 0 Å². The first-order valence-corrected chi connectivity index (χ1v) is 0.908. The normalized spacial score (nSPS) is 4.17. The molecule has 0 aliphatic heterocycles. The second kappa shape index (κ2) is 9.00. The van der Waals surface area contributed by atoms with Gasteiger partial charge >= 0.3 is 17.4 Å². The van der Waals surface area contributed by atoms with Crippen LogP contribution in [-0.2, 0) is 22.2 Å². The van der Waals surface area contributed by atoms with Crippen molar-refractivity contribution in [2.24, 2.45) is 0 Å². The summed E-state index contributed by atoms with van der Waals surface area (Å²) in [6, 6.07) is 0. The van der Waals surface area contributed by atoms with E-state index in [1.807, 2.05) is 0 Å². The van der Waals surface area contributed by atoms with Gasteiger partial charge in [-0.15, -0.1) is 0 Å². The van der Waals surface area contributed by atoms with Crippen LogP contribution in [0.5, 0.6) is 0 Å².